The number of hydrogen-bond donors (Lipinski definition) is 0. The Hall–Kier alpha value is -12.1. The Bertz CT molecular complexity index is 6330. The third kappa shape index (κ3) is 8.65. The molecule has 16 aromatic rings. The number of furan rings is 2. The molecule has 102 heavy (non-hydrogen) atoms. The molecular weight excluding hydrogens is 1240 g/mol. The predicted molar refractivity (Wildman–Crippen MR) is 429 cm³/mol. The number of fused-ring (bicyclic) bond motifs is 19. The third-order valence-corrected chi connectivity index (χ3v) is 22.9. The van der Waals surface area contributed by atoms with Crippen LogP contribution in [0.3, 0.4) is 0 Å². The smallest absolute Gasteiger partial charge is 0.252 e. The van der Waals surface area contributed by atoms with Gasteiger partial charge in [0.05, 0.1) is 28.0 Å². The zero-order valence-corrected chi connectivity index (χ0v) is 57.8. The van der Waals surface area contributed by atoms with Gasteiger partial charge in [-0.2, -0.15) is 0 Å². The van der Waals surface area contributed by atoms with Crippen LogP contribution in [0, 0.1) is 5.41 Å². The summed E-state index contributed by atoms with van der Waals surface area (Å²) in [6, 6.07) is 105. The molecular formula is C96H70BN3O2. The molecule has 21 rings (SSSR count). The number of anilines is 6. The molecule has 1 atom stereocenters. The Balaban J connectivity index is 0.951. The fourth-order valence-corrected chi connectivity index (χ4v) is 17.9. The van der Waals surface area contributed by atoms with Crippen molar-refractivity contribution in [2.24, 2.45) is 5.41 Å². The van der Waals surface area contributed by atoms with Crippen molar-refractivity contribution in [2.45, 2.75) is 58.8 Å². The number of nitrogens with zero attached hydrogens (tertiary/aromatic N) is 3. The van der Waals surface area contributed by atoms with E-state index in [2.05, 4.69) is 359 Å². The number of benzene rings is 13. The molecule has 3 aromatic heterocycles. The van der Waals surface area contributed by atoms with E-state index in [4.69, 9.17) is 8.83 Å². The molecule has 4 bridgehead atoms. The van der Waals surface area contributed by atoms with E-state index in [0.717, 1.165) is 146 Å². The topological polar surface area (TPSA) is 37.7 Å². The molecule has 0 fully saturated rings. The third-order valence-electron chi connectivity index (χ3n) is 22.9. The summed E-state index contributed by atoms with van der Waals surface area (Å²) in [7, 11) is 0. The zero-order valence-electron chi connectivity index (χ0n) is 57.8. The van der Waals surface area contributed by atoms with Crippen LogP contribution >= 0.6 is 0 Å². The van der Waals surface area contributed by atoms with Gasteiger partial charge in [0.1, 0.15) is 22.3 Å². The fraction of sp³-hybridized carbons (Fsp3) is 0.104. The molecule has 0 amide bonds. The van der Waals surface area contributed by atoms with Gasteiger partial charge in [0.2, 0.25) is 0 Å². The van der Waals surface area contributed by atoms with Gasteiger partial charge in [0.25, 0.3) is 6.71 Å². The van der Waals surface area contributed by atoms with Crippen molar-refractivity contribution in [3.63, 3.8) is 0 Å². The van der Waals surface area contributed by atoms with Crippen LogP contribution in [0.2, 0.25) is 0 Å². The molecule has 0 N–H and O–H groups in total. The van der Waals surface area contributed by atoms with E-state index in [0.29, 0.717) is 0 Å². The second kappa shape index (κ2) is 21.5. The molecule has 1 unspecified atom stereocenters. The number of hydrogen-bond acceptors (Lipinski definition) is 4. The summed E-state index contributed by atoms with van der Waals surface area (Å²) < 4.78 is 15.8. The number of para-hydroxylation sites is 4. The lowest BCUT2D eigenvalue weighted by Crippen LogP contribution is -2.61. The molecule has 2 aliphatic carbocycles. The zero-order chi connectivity index (χ0) is 68.1. The van der Waals surface area contributed by atoms with Gasteiger partial charge >= 0.3 is 0 Å². The van der Waals surface area contributed by atoms with Crippen LogP contribution in [0.5, 0.6) is 0 Å². The molecule has 6 heteroatoms. The Morgan fingerprint density at radius 3 is 1.37 bits per heavy atom. The van der Waals surface area contributed by atoms with Crippen LogP contribution in [-0.4, -0.2) is 11.3 Å². The van der Waals surface area contributed by atoms with Gasteiger partial charge in [-0.3, -0.25) is 0 Å². The van der Waals surface area contributed by atoms with Crippen molar-refractivity contribution in [1.82, 2.24) is 4.57 Å². The lowest BCUT2D eigenvalue weighted by Gasteiger charge is -2.46. The van der Waals surface area contributed by atoms with E-state index in [1.807, 2.05) is 0 Å². The van der Waals surface area contributed by atoms with Crippen molar-refractivity contribution in [1.29, 1.82) is 0 Å². The molecule has 13 aromatic carbocycles. The highest BCUT2D eigenvalue weighted by molar-refractivity contribution is 7.00. The summed E-state index contributed by atoms with van der Waals surface area (Å²) in [5.74, 6) is 0. The minimum absolute atomic E-state index is 0.101. The molecule has 1 spiro atoms. The summed E-state index contributed by atoms with van der Waals surface area (Å²) in [5.41, 5.74) is 34.6. The van der Waals surface area contributed by atoms with Crippen LogP contribution in [0.1, 0.15) is 70.3 Å². The Labute approximate surface area is 594 Å². The average Bonchev–Trinajstić information content (AvgIpc) is 1.22. The van der Waals surface area contributed by atoms with Crippen LogP contribution in [0.4, 0.5) is 34.1 Å². The first-order valence-electron chi connectivity index (χ1n) is 35.9. The van der Waals surface area contributed by atoms with Gasteiger partial charge in [0.15, 0.2) is 0 Å². The van der Waals surface area contributed by atoms with E-state index >= 15 is 0 Å². The van der Waals surface area contributed by atoms with Gasteiger partial charge in [-0.25, -0.2) is 0 Å². The normalized spacial score (nSPS) is 15.6. The minimum Gasteiger partial charge on any atom is -0.456 e. The largest absolute Gasteiger partial charge is 0.456 e. The number of rotatable bonds is 6. The predicted octanol–water partition coefficient (Wildman–Crippen LogP) is 24.2. The average molecular weight is 1310 g/mol. The molecule has 484 valence electrons. The Kier molecular flexibility index (Phi) is 12.4. The highest BCUT2D eigenvalue weighted by atomic mass is 16.3. The Morgan fingerprint density at radius 2 is 0.853 bits per heavy atom. The summed E-state index contributed by atoms with van der Waals surface area (Å²) in [5, 5.41) is 5.68. The van der Waals surface area contributed by atoms with Gasteiger partial charge in [0, 0.05) is 83.2 Å². The summed E-state index contributed by atoms with van der Waals surface area (Å²) in [6.45, 7) is 14.0. The van der Waals surface area contributed by atoms with E-state index in [-0.39, 0.29) is 17.5 Å². The second-order valence-corrected chi connectivity index (χ2v) is 30.8. The van der Waals surface area contributed by atoms with Gasteiger partial charge in [-0.1, -0.05) is 278 Å². The maximum absolute atomic E-state index is 6.53. The Morgan fingerprint density at radius 1 is 0.382 bits per heavy atom. The summed E-state index contributed by atoms with van der Waals surface area (Å²) in [6.07, 6.45) is 11.1. The number of allylic oxidation sites excluding steroid dienone is 5. The summed E-state index contributed by atoms with van der Waals surface area (Å²) in [4.78, 5) is 5.42. The summed E-state index contributed by atoms with van der Waals surface area (Å²) >= 11 is 0. The van der Waals surface area contributed by atoms with E-state index in [1.165, 1.54) is 60.8 Å². The quantitative estimate of drug-likeness (QED) is 0.156. The lowest BCUT2D eigenvalue weighted by atomic mass is 9.33. The van der Waals surface area contributed by atoms with Crippen molar-refractivity contribution in [2.75, 3.05) is 9.80 Å². The van der Waals surface area contributed by atoms with Crippen molar-refractivity contribution in [3.05, 3.63) is 325 Å². The van der Waals surface area contributed by atoms with Crippen molar-refractivity contribution in [3.8, 4) is 61.3 Å². The standard InChI is InChI=1S/C96H70BN3O2/c1-94(2,3)66-40-43-81-75(52-66)78-53-67(95(4,5)6)57-96-47-46-65(56-96)72-33-21-32-71(60-26-14-9-15-27-60)92(72)100-83-51-64(62-39-45-89-77(49-62)74-29-17-19-35-87(74)102-89)37-42-80(83)97-79-41-36-63(61-38-44-88-76(48-61)73-28-16-18-34-86(73)101-88)50-82(79)99(84-54-68(98(81)93(78)96)55-85(100)90(84)97)91-69(58-22-10-7-11-23-58)30-20-31-70(91)59-24-12-8-13-25-59/h7-56H,57H2,1-6H3. The molecule has 0 radical (unpaired) electrons. The first-order chi connectivity index (χ1) is 49.8. The first kappa shape index (κ1) is 58.8. The number of aromatic nitrogens is 1. The minimum atomic E-state index is -0.541. The van der Waals surface area contributed by atoms with Crippen molar-refractivity contribution >= 4 is 124 Å². The van der Waals surface area contributed by atoms with Crippen LogP contribution in [-0.2, 0) is 10.8 Å². The molecule has 5 aliphatic rings. The van der Waals surface area contributed by atoms with Gasteiger partial charge in [-0.05, 0) is 157 Å². The van der Waals surface area contributed by atoms with E-state index < -0.39 is 5.41 Å². The van der Waals surface area contributed by atoms with Crippen molar-refractivity contribution < 1.29 is 8.83 Å². The SMILES string of the molecule is CC(C)(C)C1=Cc2c3n(c4ccc(C(C)(C)C)cc24)-c2cc4c5c(c2)N(c2c(-c6ccccc6)cccc2-c2ccccc2)c2cc(-c6ccc7oc8ccccc8c7c6)ccc2B5c2ccc(-c5ccc6oc7ccccc7c6c5)cc2N4c2c(cccc2-c2ccccc2)C2=CC3(C=C2)C1. The molecule has 0 saturated heterocycles. The van der Waals surface area contributed by atoms with E-state index in [1.54, 1.807) is 0 Å². The van der Waals surface area contributed by atoms with Crippen LogP contribution in [0.15, 0.2) is 312 Å². The molecule has 6 heterocycles. The highest BCUT2D eigenvalue weighted by Crippen LogP contribution is 2.59. The molecule has 3 aliphatic heterocycles. The van der Waals surface area contributed by atoms with Gasteiger partial charge < -0.3 is 23.2 Å². The first-order valence-corrected chi connectivity index (χ1v) is 35.9. The lowest BCUT2D eigenvalue weighted by molar-refractivity contribution is 0.453. The van der Waals surface area contributed by atoms with Crippen LogP contribution < -0.4 is 26.2 Å². The van der Waals surface area contributed by atoms with Crippen LogP contribution in [0.25, 0.3) is 128 Å². The molecule has 0 saturated carbocycles. The van der Waals surface area contributed by atoms with Gasteiger partial charge in [-0.15, -0.1) is 0 Å². The van der Waals surface area contributed by atoms with E-state index in [9.17, 15) is 0 Å². The second-order valence-electron chi connectivity index (χ2n) is 30.8. The fourth-order valence-electron chi connectivity index (χ4n) is 17.9. The maximum atomic E-state index is 6.53. The maximum Gasteiger partial charge on any atom is 0.252 e. The highest BCUT2D eigenvalue weighted by Gasteiger charge is 2.49. The monoisotopic (exact) mass is 1310 g/mol. The molecule has 5 nitrogen and oxygen atoms in total.